The molecule has 1 amide bonds. The molecule has 1 fully saturated rings. The van der Waals surface area contributed by atoms with Gasteiger partial charge in [0.1, 0.15) is 29.6 Å². The predicted octanol–water partition coefficient (Wildman–Crippen LogP) is 7.60. The van der Waals surface area contributed by atoms with E-state index in [4.69, 9.17) is 37.2 Å². The first-order chi connectivity index (χ1) is 18.8. The van der Waals surface area contributed by atoms with E-state index in [0.29, 0.717) is 50.9 Å². The van der Waals surface area contributed by atoms with Crippen molar-refractivity contribution in [3.63, 3.8) is 0 Å². The second kappa shape index (κ2) is 9.74. The predicted molar refractivity (Wildman–Crippen MR) is 148 cm³/mol. The summed E-state index contributed by atoms with van der Waals surface area (Å²) in [6.07, 6.45) is 2.06. The minimum atomic E-state index is -0.803. The van der Waals surface area contributed by atoms with Crippen LogP contribution in [-0.4, -0.2) is 17.5 Å². The lowest BCUT2D eigenvalue weighted by atomic mass is 9.86. The number of hydrogen-bond acceptors (Lipinski definition) is 6. The third kappa shape index (κ3) is 4.45. The maximum absolute atomic E-state index is 13.5. The molecule has 1 aromatic heterocycles. The van der Waals surface area contributed by atoms with Crippen LogP contribution in [0.5, 0.6) is 11.5 Å². The number of nitrogens with zero attached hydrogens (tertiary/aromatic N) is 2. The zero-order chi connectivity index (χ0) is 27.3. The summed E-state index contributed by atoms with van der Waals surface area (Å²) in [6, 6.07) is 17.8. The normalized spacial score (nSPS) is 15.8. The smallest absolute Gasteiger partial charge is 0.298 e. The molecule has 6 rings (SSSR count). The number of benzene rings is 3. The van der Waals surface area contributed by atoms with Gasteiger partial charge in [-0.3, -0.25) is 14.5 Å². The highest BCUT2D eigenvalue weighted by Gasteiger charge is 2.45. The average molecular weight is 563 g/mol. The molecule has 198 valence electrons. The molecule has 1 aliphatic heterocycles. The second-order valence-corrected chi connectivity index (χ2v) is 11.0. The Morgan fingerprint density at radius 2 is 1.79 bits per heavy atom. The van der Waals surface area contributed by atoms with Gasteiger partial charge in [0.25, 0.3) is 6.47 Å². The quantitative estimate of drug-likeness (QED) is 0.206. The van der Waals surface area contributed by atoms with Crippen molar-refractivity contribution in [2.75, 3.05) is 4.90 Å². The lowest BCUT2D eigenvalue weighted by Crippen LogP contribution is -2.33. The van der Waals surface area contributed by atoms with E-state index < -0.39 is 5.41 Å². The van der Waals surface area contributed by atoms with Crippen LogP contribution in [0.25, 0.3) is 11.3 Å². The zero-order valence-corrected chi connectivity index (χ0v) is 22.8. The molecule has 0 radical (unpaired) electrons. The number of carbonyl (C=O) groups is 2. The fourth-order valence-corrected chi connectivity index (χ4v) is 5.59. The molecule has 4 aromatic rings. The highest BCUT2D eigenvalue weighted by atomic mass is 35.5. The number of ether oxygens (including phenoxy) is 2. The molecule has 39 heavy (non-hydrogen) atoms. The van der Waals surface area contributed by atoms with Crippen molar-refractivity contribution in [3.05, 3.63) is 87.6 Å². The molecule has 7 nitrogen and oxygen atoms in total. The first-order valence-electron chi connectivity index (χ1n) is 12.5. The Kier molecular flexibility index (Phi) is 6.36. The van der Waals surface area contributed by atoms with Crippen molar-refractivity contribution < 1.29 is 23.6 Å². The van der Waals surface area contributed by atoms with Crippen molar-refractivity contribution in [2.24, 2.45) is 0 Å². The molecule has 0 atom stereocenters. The molecular weight excluding hydrogens is 539 g/mol. The van der Waals surface area contributed by atoms with Gasteiger partial charge in [0.15, 0.2) is 0 Å². The summed E-state index contributed by atoms with van der Waals surface area (Å²) in [5.74, 6) is 1.96. The molecule has 1 saturated carbocycles. The molecule has 0 saturated heterocycles. The summed E-state index contributed by atoms with van der Waals surface area (Å²) in [5.41, 5.74) is 3.39. The molecule has 9 heteroatoms. The maximum atomic E-state index is 13.5. The Morgan fingerprint density at radius 1 is 1.05 bits per heavy atom. The summed E-state index contributed by atoms with van der Waals surface area (Å²) >= 11 is 13.0. The summed E-state index contributed by atoms with van der Waals surface area (Å²) in [7, 11) is 0. The number of anilines is 2. The van der Waals surface area contributed by atoms with Gasteiger partial charge in [-0.15, -0.1) is 0 Å². The summed E-state index contributed by atoms with van der Waals surface area (Å²) in [5, 5.41) is 5.30. The van der Waals surface area contributed by atoms with E-state index in [9.17, 15) is 9.59 Å². The van der Waals surface area contributed by atoms with Gasteiger partial charge in [-0.25, -0.2) is 0 Å². The Balaban J connectivity index is 1.33. The van der Waals surface area contributed by atoms with Crippen LogP contribution in [0, 0.1) is 0 Å². The maximum Gasteiger partial charge on any atom is 0.298 e. The number of carbonyl (C=O) groups excluding carboxylic acids is 2. The van der Waals surface area contributed by atoms with Crippen molar-refractivity contribution in [2.45, 2.75) is 44.6 Å². The van der Waals surface area contributed by atoms with Crippen LogP contribution < -0.4 is 14.4 Å². The lowest BCUT2D eigenvalue weighted by Gasteiger charge is -2.20. The fourth-order valence-electron chi connectivity index (χ4n) is 5.02. The molecule has 1 aliphatic carbocycles. The van der Waals surface area contributed by atoms with Crippen molar-refractivity contribution in [1.82, 2.24) is 5.16 Å². The highest BCUT2D eigenvalue weighted by Crippen LogP contribution is 2.48. The minimum Gasteiger partial charge on any atom is -0.489 e. The molecule has 3 aromatic carbocycles. The van der Waals surface area contributed by atoms with Gasteiger partial charge in [-0.1, -0.05) is 40.5 Å². The van der Waals surface area contributed by atoms with E-state index in [1.807, 2.05) is 32.0 Å². The van der Waals surface area contributed by atoms with Crippen LogP contribution in [0.1, 0.15) is 49.5 Å². The van der Waals surface area contributed by atoms with E-state index in [1.165, 1.54) is 0 Å². The van der Waals surface area contributed by atoms with Gasteiger partial charge in [-0.2, -0.15) is 0 Å². The van der Waals surface area contributed by atoms with E-state index >= 15 is 0 Å². The topological polar surface area (TPSA) is 81.9 Å². The Bertz CT molecular complexity index is 1590. The van der Waals surface area contributed by atoms with E-state index in [2.05, 4.69) is 5.16 Å². The van der Waals surface area contributed by atoms with Crippen LogP contribution in [0.2, 0.25) is 10.0 Å². The number of halogens is 2. The molecule has 0 bridgehead atoms. The third-order valence-corrected chi connectivity index (χ3v) is 7.86. The first-order valence-corrected chi connectivity index (χ1v) is 13.3. The fraction of sp³-hybridized carbons (Fsp3) is 0.233. The molecular formula is C30H24Cl2N2O5. The lowest BCUT2D eigenvalue weighted by molar-refractivity contribution is -0.121. The number of fused-ring (bicyclic) bond motifs is 1. The number of aromatic nitrogens is 1. The van der Waals surface area contributed by atoms with Gasteiger partial charge < -0.3 is 14.0 Å². The second-order valence-electron chi connectivity index (χ2n) is 10.2. The summed E-state index contributed by atoms with van der Waals surface area (Å²) in [6.45, 7) is 4.33. The Hall–Kier alpha value is -3.81. The number of hydrogen-bond donors (Lipinski definition) is 0. The summed E-state index contributed by atoms with van der Waals surface area (Å²) < 4.78 is 17.0. The third-order valence-electron chi connectivity index (χ3n) is 7.23. The SMILES string of the molecule is CC1(C)C(=O)N(c2cccc(OC=O)c2)c2ccc(OCc3c(-c4c(Cl)cccc4Cl)noc3C3CC3)cc21. The van der Waals surface area contributed by atoms with Crippen LogP contribution in [0.4, 0.5) is 11.4 Å². The van der Waals surface area contributed by atoms with Gasteiger partial charge in [0, 0.05) is 17.5 Å². The summed E-state index contributed by atoms with van der Waals surface area (Å²) in [4.78, 5) is 26.0. The Morgan fingerprint density at radius 3 is 2.51 bits per heavy atom. The molecule has 0 spiro atoms. The van der Waals surface area contributed by atoms with Crippen LogP contribution >= 0.6 is 23.2 Å². The monoisotopic (exact) mass is 562 g/mol. The van der Waals surface area contributed by atoms with E-state index in [0.717, 1.165) is 35.4 Å². The van der Waals surface area contributed by atoms with Crippen LogP contribution in [0.15, 0.2) is 65.2 Å². The van der Waals surface area contributed by atoms with Gasteiger partial charge in [-0.05, 0) is 74.7 Å². The Labute approximate surface area is 235 Å². The van der Waals surface area contributed by atoms with E-state index in [-0.39, 0.29) is 12.5 Å². The van der Waals surface area contributed by atoms with Gasteiger partial charge >= 0.3 is 0 Å². The zero-order valence-electron chi connectivity index (χ0n) is 21.2. The van der Waals surface area contributed by atoms with Crippen molar-refractivity contribution in [3.8, 4) is 22.8 Å². The number of rotatable bonds is 8. The molecule has 0 N–H and O–H groups in total. The molecule has 2 aliphatic rings. The molecule has 0 unspecified atom stereocenters. The van der Waals surface area contributed by atoms with Crippen molar-refractivity contribution in [1.29, 1.82) is 0 Å². The van der Waals surface area contributed by atoms with Crippen LogP contribution in [0.3, 0.4) is 0 Å². The highest BCUT2D eigenvalue weighted by molar-refractivity contribution is 6.39. The standard InChI is InChI=1S/C30H24Cl2N2O5/c1-30(2)22-14-20(11-12-25(22)34(29(30)36)18-5-3-6-19(13-18)38-16-35)37-15-21-27(33-39-28(21)17-9-10-17)26-23(31)7-4-8-24(26)32/h3-8,11-14,16-17H,9-10,15H2,1-2H3. The molecule has 2 heterocycles. The van der Waals surface area contributed by atoms with Gasteiger partial charge in [0.2, 0.25) is 5.91 Å². The minimum absolute atomic E-state index is 0.0939. The van der Waals surface area contributed by atoms with Gasteiger partial charge in [0.05, 0.1) is 32.4 Å². The average Bonchev–Trinajstić information content (AvgIpc) is 3.64. The van der Waals surface area contributed by atoms with Crippen molar-refractivity contribution >= 4 is 47.0 Å². The first kappa shape index (κ1) is 25.5. The number of amides is 1. The largest absolute Gasteiger partial charge is 0.489 e. The van der Waals surface area contributed by atoms with Crippen LogP contribution in [-0.2, 0) is 21.6 Å². The van der Waals surface area contributed by atoms with E-state index in [1.54, 1.807) is 47.4 Å².